The third-order valence-corrected chi connectivity index (χ3v) is 6.13. The molecule has 2 aromatic carbocycles. The zero-order chi connectivity index (χ0) is 23.9. The van der Waals surface area contributed by atoms with Crippen molar-refractivity contribution in [1.29, 1.82) is 0 Å². The number of nitrogens with zero attached hydrogens (tertiary/aromatic N) is 3. The van der Waals surface area contributed by atoms with Gasteiger partial charge in [-0.3, -0.25) is 4.79 Å². The van der Waals surface area contributed by atoms with Gasteiger partial charge in [0.25, 0.3) is 0 Å². The second-order valence-electron chi connectivity index (χ2n) is 8.77. The first-order chi connectivity index (χ1) is 16.6. The van der Waals surface area contributed by atoms with E-state index in [1.807, 2.05) is 30.3 Å². The van der Waals surface area contributed by atoms with E-state index < -0.39 is 0 Å². The molecule has 7 heteroatoms. The highest BCUT2D eigenvalue weighted by molar-refractivity contribution is 6.06. The van der Waals surface area contributed by atoms with Crippen LogP contribution in [-0.4, -0.2) is 27.0 Å². The summed E-state index contributed by atoms with van der Waals surface area (Å²) in [6, 6.07) is 16.1. The van der Waals surface area contributed by atoms with Crippen molar-refractivity contribution in [3.8, 4) is 0 Å². The Hall–Kier alpha value is -3.45. The fourth-order valence-corrected chi connectivity index (χ4v) is 4.31. The molecule has 0 aliphatic heterocycles. The fourth-order valence-electron chi connectivity index (χ4n) is 4.31. The molecular weight excluding hydrogens is 424 g/mol. The lowest BCUT2D eigenvalue weighted by molar-refractivity contribution is -0.116. The first-order valence-electron chi connectivity index (χ1n) is 12.2. The third-order valence-electron chi connectivity index (χ3n) is 6.13. The van der Waals surface area contributed by atoms with Crippen molar-refractivity contribution in [3.05, 3.63) is 59.9 Å². The summed E-state index contributed by atoms with van der Waals surface area (Å²) in [6.45, 7) is 3.54. The van der Waals surface area contributed by atoms with Gasteiger partial charge >= 0.3 is 0 Å². The van der Waals surface area contributed by atoms with Crippen LogP contribution in [0.1, 0.15) is 56.8 Å². The van der Waals surface area contributed by atoms with Crippen LogP contribution in [0.4, 0.5) is 11.5 Å². The number of nitrogens with two attached hydrogens (primary N) is 2. The van der Waals surface area contributed by atoms with Crippen molar-refractivity contribution >= 4 is 39.3 Å². The average Bonchev–Trinajstić information content (AvgIpc) is 3.21. The number of benzene rings is 2. The molecule has 4 aromatic rings. The molecule has 0 aliphatic carbocycles. The van der Waals surface area contributed by atoms with E-state index >= 15 is 0 Å². The van der Waals surface area contributed by atoms with Crippen molar-refractivity contribution in [3.63, 3.8) is 0 Å². The Balaban J connectivity index is 1.59. The number of fused-ring (bicyclic) bond motifs is 3. The maximum Gasteiger partial charge on any atom is 0.224 e. The van der Waals surface area contributed by atoms with E-state index in [4.69, 9.17) is 16.5 Å². The molecule has 0 unspecified atom stereocenters. The lowest BCUT2D eigenvalue weighted by atomic mass is 10.1. The van der Waals surface area contributed by atoms with Crippen LogP contribution in [0.5, 0.6) is 0 Å². The first-order valence-corrected chi connectivity index (χ1v) is 12.2. The number of hydrogen-bond acceptors (Lipinski definition) is 5. The molecule has 0 aliphatic rings. The van der Waals surface area contributed by atoms with Gasteiger partial charge in [0, 0.05) is 30.5 Å². The van der Waals surface area contributed by atoms with E-state index in [1.54, 1.807) is 0 Å². The van der Waals surface area contributed by atoms with Crippen LogP contribution in [-0.2, 0) is 17.8 Å². The molecular formula is C27H34N6O. The van der Waals surface area contributed by atoms with Crippen LogP contribution in [0.15, 0.2) is 48.5 Å². The van der Waals surface area contributed by atoms with Crippen molar-refractivity contribution in [2.45, 2.75) is 58.4 Å². The summed E-state index contributed by atoms with van der Waals surface area (Å²) in [5, 5.41) is 4.05. The van der Waals surface area contributed by atoms with Gasteiger partial charge in [0.15, 0.2) is 5.82 Å². The highest BCUT2D eigenvalue weighted by Gasteiger charge is 2.17. The molecule has 0 atom stereocenters. The van der Waals surface area contributed by atoms with E-state index in [-0.39, 0.29) is 5.91 Å². The van der Waals surface area contributed by atoms with Gasteiger partial charge in [0.2, 0.25) is 5.91 Å². The number of nitrogens with one attached hydrogen (secondary N) is 1. The lowest BCUT2D eigenvalue weighted by Crippen LogP contribution is -2.11. The van der Waals surface area contributed by atoms with Crippen molar-refractivity contribution in [2.24, 2.45) is 5.73 Å². The topological polar surface area (TPSA) is 112 Å². The quantitative estimate of drug-likeness (QED) is 0.273. The minimum Gasteiger partial charge on any atom is -0.382 e. The smallest absolute Gasteiger partial charge is 0.224 e. The highest BCUT2D eigenvalue weighted by Crippen LogP contribution is 2.30. The van der Waals surface area contributed by atoms with Crippen LogP contribution < -0.4 is 16.8 Å². The second kappa shape index (κ2) is 11.1. The Labute approximate surface area is 200 Å². The van der Waals surface area contributed by atoms with E-state index in [9.17, 15) is 4.79 Å². The number of unbranched alkanes of at least 4 members (excludes halogenated alkanes) is 3. The van der Waals surface area contributed by atoms with Crippen LogP contribution in [0.2, 0.25) is 0 Å². The summed E-state index contributed by atoms with van der Waals surface area (Å²) in [5.41, 5.74) is 16.4. The van der Waals surface area contributed by atoms with Crippen LogP contribution in [0.25, 0.3) is 21.9 Å². The Morgan fingerprint density at radius 2 is 1.79 bits per heavy atom. The molecule has 0 bridgehead atoms. The molecule has 34 heavy (non-hydrogen) atoms. The zero-order valence-corrected chi connectivity index (χ0v) is 19.9. The van der Waals surface area contributed by atoms with Crippen LogP contribution in [0, 0.1) is 0 Å². The summed E-state index contributed by atoms with van der Waals surface area (Å²) < 4.78 is 2.27. The van der Waals surface area contributed by atoms with Gasteiger partial charge in [-0.25, -0.2) is 9.97 Å². The average molecular weight is 459 g/mol. The summed E-state index contributed by atoms with van der Waals surface area (Å²) in [4.78, 5) is 21.7. The molecule has 0 radical (unpaired) electrons. The van der Waals surface area contributed by atoms with Crippen LogP contribution >= 0.6 is 0 Å². The highest BCUT2D eigenvalue weighted by atomic mass is 16.1. The minimum absolute atomic E-state index is 0.0432. The maximum absolute atomic E-state index is 12.2. The molecule has 5 N–H and O–H groups in total. The SMILES string of the molecule is CCCCc1nc2c(N)nc3ccccc3c2n1Cc1ccc(NC(=O)CCCCCN)cc1. The summed E-state index contributed by atoms with van der Waals surface area (Å²) in [6.07, 6.45) is 6.37. The predicted octanol–water partition coefficient (Wildman–Crippen LogP) is 5.02. The zero-order valence-electron chi connectivity index (χ0n) is 19.9. The number of amides is 1. The van der Waals surface area contributed by atoms with E-state index in [0.717, 1.165) is 77.5 Å². The number of carbonyl (C=O) groups excluding carboxylic acids is 1. The van der Waals surface area contributed by atoms with Gasteiger partial charge in [-0.15, -0.1) is 0 Å². The fraction of sp³-hybridized carbons (Fsp3) is 0.370. The minimum atomic E-state index is 0.0432. The molecule has 178 valence electrons. The number of nitrogen functional groups attached to an aromatic ring is 1. The molecule has 2 heterocycles. The Morgan fingerprint density at radius 3 is 2.56 bits per heavy atom. The molecule has 2 aromatic heterocycles. The largest absolute Gasteiger partial charge is 0.382 e. The number of aryl methyl sites for hydroxylation is 1. The van der Waals surface area contributed by atoms with Crippen LogP contribution in [0.3, 0.4) is 0 Å². The normalized spacial score (nSPS) is 11.4. The molecule has 0 fully saturated rings. The van der Waals surface area contributed by atoms with E-state index in [2.05, 4.69) is 40.0 Å². The number of pyridine rings is 1. The molecule has 4 rings (SSSR count). The first kappa shape index (κ1) is 23.7. The summed E-state index contributed by atoms with van der Waals surface area (Å²) >= 11 is 0. The van der Waals surface area contributed by atoms with Gasteiger partial charge in [0.05, 0.1) is 11.0 Å². The number of anilines is 2. The third kappa shape index (κ3) is 5.37. The molecule has 7 nitrogen and oxygen atoms in total. The number of rotatable bonds is 11. The Bertz CT molecular complexity index is 1260. The molecule has 0 spiro atoms. The number of imidazole rings is 1. The molecule has 0 saturated carbocycles. The van der Waals surface area contributed by atoms with Gasteiger partial charge < -0.3 is 21.4 Å². The Kier molecular flexibility index (Phi) is 7.75. The number of hydrogen-bond donors (Lipinski definition) is 3. The van der Waals surface area contributed by atoms with E-state index in [0.29, 0.717) is 25.3 Å². The van der Waals surface area contributed by atoms with Crippen molar-refractivity contribution in [2.75, 3.05) is 17.6 Å². The molecule has 1 amide bonds. The van der Waals surface area contributed by atoms with Gasteiger partial charge in [-0.05, 0) is 49.6 Å². The number of aromatic nitrogens is 3. The van der Waals surface area contributed by atoms with Gasteiger partial charge in [-0.2, -0.15) is 0 Å². The number of para-hydroxylation sites is 1. The van der Waals surface area contributed by atoms with Crippen molar-refractivity contribution in [1.82, 2.24) is 14.5 Å². The number of carbonyl (C=O) groups is 1. The summed E-state index contributed by atoms with van der Waals surface area (Å²) in [5.74, 6) is 1.54. The summed E-state index contributed by atoms with van der Waals surface area (Å²) in [7, 11) is 0. The van der Waals surface area contributed by atoms with Crippen molar-refractivity contribution < 1.29 is 4.79 Å². The maximum atomic E-state index is 12.2. The second-order valence-corrected chi connectivity index (χ2v) is 8.77. The molecule has 0 saturated heterocycles. The monoisotopic (exact) mass is 458 g/mol. The predicted molar refractivity (Wildman–Crippen MR) is 140 cm³/mol. The van der Waals surface area contributed by atoms with Gasteiger partial charge in [0.1, 0.15) is 11.3 Å². The van der Waals surface area contributed by atoms with Gasteiger partial charge in [-0.1, -0.05) is 50.1 Å². The lowest BCUT2D eigenvalue weighted by Gasteiger charge is -2.12. The Morgan fingerprint density at radius 1 is 1.00 bits per heavy atom. The standard InChI is InChI=1S/C27H34N6O/c1-2-3-11-23-32-25-26(21-9-6-7-10-22(21)31-27(25)29)33(23)18-19-13-15-20(16-14-19)30-24(34)12-5-4-8-17-28/h6-7,9-10,13-16H,2-5,8,11-12,17-18,28H2,1H3,(H2,29,31)(H,30,34). The van der Waals surface area contributed by atoms with E-state index in [1.165, 1.54) is 0 Å².